The summed E-state index contributed by atoms with van der Waals surface area (Å²) in [5.74, 6) is 1.29. The van der Waals surface area contributed by atoms with Gasteiger partial charge < -0.3 is 14.4 Å². The van der Waals surface area contributed by atoms with Gasteiger partial charge in [0.05, 0.1) is 31.0 Å². The molecular weight excluding hydrogens is 344 g/mol. The molecule has 3 spiro atoms. The minimum absolute atomic E-state index is 0.104. The lowest BCUT2D eigenvalue weighted by Gasteiger charge is -2.45. The van der Waals surface area contributed by atoms with Gasteiger partial charge >= 0.3 is 6.09 Å². The topological polar surface area (TPSA) is 59.1 Å². The average molecular weight is 366 g/mol. The van der Waals surface area contributed by atoms with Crippen molar-refractivity contribution >= 4 is 17.7 Å². The number of carbonyl (C=O) groups is 2. The second-order valence-electron chi connectivity index (χ2n) is 8.52. The number of ether oxygens (including phenoxy) is 2. The molecular formula is C21H22N2O4. The molecule has 5 aliphatic rings. The van der Waals surface area contributed by atoms with Crippen LogP contribution < -0.4 is 9.64 Å². The number of hydrogen-bond acceptors (Lipinski definition) is 4. The first-order valence-corrected chi connectivity index (χ1v) is 9.62. The van der Waals surface area contributed by atoms with Gasteiger partial charge in [0, 0.05) is 18.0 Å². The molecule has 1 saturated heterocycles. The number of benzene rings is 1. The fraction of sp³-hybridized carbons (Fsp3) is 0.524. The molecule has 3 fully saturated rings. The number of anilines is 1. The van der Waals surface area contributed by atoms with Gasteiger partial charge in [0.2, 0.25) is 5.91 Å². The molecule has 0 unspecified atom stereocenters. The molecule has 140 valence electrons. The van der Waals surface area contributed by atoms with Gasteiger partial charge in [-0.3, -0.25) is 9.69 Å². The summed E-state index contributed by atoms with van der Waals surface area (Å²) in [5.41, 5.74) is 1.64. The van der Waals surface area contributed by atoms with E-state index in [2.05, 4.69) is 17.0 Å². The molecule has 0 N–H and O–H groups in total. The second-order valence-corrected chi connectivity index (χ2v) is 8.52. The smallest absolute Gasteiger partial charge is 0.414 e. The molecule has 6 heteroatoms. The van der Waals surface area contributed by atoms with Crippen molar-refractivity contribution in [2.75, 3.05) is 25.7 Å². The van der Waals surface area contributed by atoms with E-state index in [1.165, 1.54) is 12.7 Å². The lowest BCUT2D eigenvalue weighted by Crippen LogP contribution is -2.55. The monoisotopic (exact) mass is 366 g/mol. The van der Waals surface area contributed by atoms with Crippen molar-refractivity contribution < 1.29 is 19.1 Å². The number of carbonyl (C=O) groups excluding carboxylic acids is 2. The highest BCUT2D eigenvalue weighted by Gasteiger charge is 2.87. The highest BCUT2D eigenvalue weighted by molar-refractivity contribution is 5.98. The van der Waals surface area contributed by atoms with E-state index in [0.29, 0.717) is 5.92 Å². The van der Waals surface area contributed by atoms with Crippen LogP contribution in [0, 0.1) is 5.92 Å². The molecule has 6 nitrogen and oxygen atoms in total. The van der Waals surface area contributed by atoms with Crippen LogP contribution in [-0.2, 0) is 14.9 Å². The molecule has 0 radical (unpaired) electrons. The van der Waals surface area contributed by atoms with Crippen molar-refractivity contribution in [2.45, 2.75) is 42.2 Å². The Labute approximate surface area is 157 Å². The normalized spacial score (nSPS) is 39.5. The molecule has 3 aliphatic heterocycles. The van der Waals surface area contributed by atoms with E-state index in [-0.39, 0.29) is 28.5 Å². The summed E-state index contributed by atoms with van der Waals surface area (Å²) in [6.45, 7) is 0.732. The molecule has 1 aromatic rings. The van der Waals surface area contributed by atoms with Gasteiger partial charge in [-0.05, 0) is 55.4 Å². The summed E-state index contributed by atoms with van der Waals surface area (Å²) in [7, 11) is 3.12. The fourth-order valence-electron chi connectivity index (χ4n) is 7.09. The standard InChI is InChI=1S/C21H22N2O4/c1-26-13-3-4-15-14(11-13)20-9-10-22-17(24)5-6-19(22)7-8-21(20,16(20)12-19)23(15)18(25)27-2/h3-6,11,16H,7-10,12H2,1-2H3/t16-,19+,20+,21+/m0/s1. The Morgan fingerprint density at radius 2 is 2.07 bits per heavy atom. The van der Waals surface area contributed by atoms with Crippen LogP contribution in [0.5, 0.6) is 5.75 Å². The Hall–Kier alpha value is -2.50. The number of amides is 2. The van der Waals surface area contributed by atoms with E-state index in [4.69, 9.17) is 9.47 Å². The van der Waals surface area contributed by atoms with E-state index in [0.717, 1.165) is 43.7 Å². The predicted molar refractivity (Wildman–Crippen MR) is 97.8 cm³/mol. The van der Waals surface area contributed by atoms with E-state index in [1.807, 2.05) is 17.0 Å². The first-order valence-electron chi connectivity index (χ1n) is 9.62. The van der Waals surface area contributed by atoms with Crippen LogP contribution in [0.25, 0.3) is 0 Å². The van der Waals surface area contributed by atoms with Gasteiger partial charge in [-0.15, -0.1) is 0 Å². The van der Waals surface area contributed by atoms with Gasteiger partial charge in [0.25, 0.3) is 0 Å². The molecule has 3 heterocycles. The molecule has 1 aromatic carbocycles. The Morgan fingerprint density at radius 1 is 1.22 bits per heavy atom. The second kappa shape index (κ2) is 4.49. The zero-order chi connectivity index (χ0) is 18.6. The molecule has 4 atom stereocenters. The maximum Gasteiger partial charge on any atom is 0.414 e. The third-order valence-corrected chi connectivity index (χ3v) is 8.11. The predicted octanol–water partition coefficient (Wildman–Crippen LogP) is 2.61. The largest absolute Gasteiger partial charge is 0.497 e. The molecule has 2 bridgehead atoms. The van der Waals surface area contributed by atoms with Crippen molar-refractivity contribution in [1.29, 1.82) is 0 Å². The van der Waals surface area contributed by atoms with Crippen molar-refractivity contribution in [3.8, 4) is 5.75 Å². The van der Waals surface area contributed by atoms with E-state index in [1.54, 1.807) is 13.2 Å². The van der Waals surface area contributed by atoms with Crippen LogP contribution >= 0.6 is 0 Å². The number of fused-ring (bicyclic) bond motifs is 1. The number of methoxy groups -OCH3 is 2. The van der Waals surface area contributed by atoms with Gasteiger partial charge in [0.15, 0.2) is 0 Å². The molecule has 2 amide bonds. The van der Waals surface area contributed by atoms with E-state index in [9.17, 15) is 9.59 Å². The summed E-state index contributed by atoms with van der Waals surface area (Å²) >= 11 is 0. The zero-order valence-electron chi connectivity index (χ0n) is 15.5. The molecule has 27 heavy (non-hydrogen) atoms. The molecule has 2 aliphatic carbocycles. The van der Waals surface area contributed by atoms with Gasteiger partial charge in [-0.2, -0.15) is 0 Å². The maximum atomic E-state index is 12.8. The van der Waals surface area contributed by atoms with Crippen LogP contribution in [0.1, 0.15) is 31.2 Å². The van der Waals surface area contributed by atoms with Crippen LogP contribution in [0.15, 0.2) is 30.4 Å². The fourth-order valence-corrected chi connectivity index (χ4v) is 7.09. The quantitative estimate of drug-likeness (QED) is 0.767. The van der Waals surface area contributed by atoms with Crippen LogP contribution in [-0.4, -0.2) is 48.7 Å². The molecule has 0 aromatic heterocycles. The first-order chi connectivity index (χ1) is 13.0. The zero-order valence-corrected chi connectivity index (χ0v) is 15.5. The molecule has 2 saturated carbocycles. The number of rotatable bonds is 1. The highest BCUT2D eigenvalue weighted by atomic mass is 16.5. The van der Waals surface area contributed by atoms with Crippen molar-refractivity contribution in [1.82, 2.24) is 4.90 Å². The van der Waals surface area contributed by atoms with Crippen molar-refractivity contribution in [2.24, 2.45) is 5.92 Å². The van der Waals surface area contributed by atoms with Gasteiger partial charge in [-0.1, -0.05) is 6.08 Å². The highest BCUT2D eigenvalue weighted by Crippen LogP contribution is 2.81. The first kappa shape index (κ1) is 15.5. The van der Waals surface area contributed by atoms with E-state index >= 15 is 0 Å². The lowest BCUT2D eigenvalue weighted by molar-refractivity contribution is -0.129. The van der Waals surface area contributed by atoms with E-state index < -0.39 is 0 Å². The summed E-state index contributed by atoms with van der Waals surface area (Å²) in [6.07, 6.45) is 7.15. The van der Waals surface area contributed by atoms with Crippen LogP contribution in [0.2, 0.25) is 0 Å². The van der Waals surface area contributed by atoms with Crippen molar-refractivity contribution in [3.63, 3.8) is 0 Å². The number of hydrogen-bond donors (Lipinski definition) is 0. The lowest BCUT2D eigenvalue weighted by atomic mass is 9.78. The Kier molecular flexibility index (Phi) is 2.58. The summed E-state index contributed by atoms with van der Waals surface area (Å²) in [4.78, 5) is 29.3. The number of nitrogens with zero attached hydrogens (tertiary/aromatic N) is 2. The van der Waals surface area contributed by atoms with Crippen LogP contribution in [0.3, 0.4) is 0 Å². The van der Waals surface area contributed by atoms with Gasteiger partial charge in [0.1, 0.15) is 5.75 Å². The Balaban J connectivity index is 1.56. The maximum absolute atomic E-state index is 12.8. The summed E-state index contributed by atoms with van der Waals surface area (Å²) in [6, 6.07) is 5.99. The minimum Gasteiger partial charge on any atom is -0.497 e. The van der Waals surface area contributed by atoms with Crippen LogP contribution in [0.4, 0.5) is 10.5 Å². The van der Waals surface area contributed by atoms with Crippen molar-refractivity contribution in [3.05, 3.63) is 35.9 Å². The third-order valence-electron chi connectivity index (χ3n) is 8.11. The van der Waals surface area contributed by atoms with Gasteiger partial charge in [-0.25, -0.2) is 4.79 Å². The summed E-state index contributed by atoms with van der Waals surface area (Å²) < 4.78 is 10.7. The Morgan fingerprint density at radius 3 is 2.85 bits per heavy atom. The third kappa shape index (κ3) is 1.42. The average Bonchev–Trinajstić information content (AvgIpc) is 3.09. The molecule has 6 rings (SSSR count). The SMILES string of the molecule is COC(=O)N1c2ccc(OC)cc2[C@@]23CCN4C(=O)C=C[C@]45CC[C@]12[C@H]3C5. The Bertz CT molecular complexity index is 942. The minimum atomic E-state index is -0.280. The summed E-state index contributed by atoms with van der Waals surface area (Å²) in [5, 5.41) is 0.